The number of methoxy groups -OCH3 is 1. The molecular weight excluding hydrogens is 431 g/mol. The maximum absolute atomic E-state index is 13.5. The zero-order chi connectivity index (χ0) is 23.2. The van der Waals surface area contributed by atoms with Gasteiger partial charge in [-0.2, -0.15) is 0 Å². The van der Waals surface area contributed by atoms with Gasteiger partial charge >= 0.3 is 0 Å². The lowest BCUT2D eigenvalue weighted by atomic mass is 9.95. The molecule has 0 heterocycles. The van der Waals surface area contributed by atoms with Crippen LogP contribution in [-0.4, -0.2) is 18.0 Å². The number of aromatic hydroxyl groups is 1. The Morgan fingerprint density at radius 1 is 0.848 bits per heavy atom. The van der Waals surface area contributed by atoms with Crippen molar-refractivity contribution in [2.24, 2.45) is 0 Å². The molecule has 0 aromatic heterocycles. The van der Waals surface area contributed by atoms with E-state index in [1.54, 1.807) is 24.9 Å². The summed E-state index contributed by atoms with van der Waals surface area (Å²) in [6.45, 7) is 1.89. The van der Waals surface area contributed by atoms with Gasteiger partial charge in [-0.15, -0.1) is 11.8 Å². The van der Waals surface area contributed by atoms with Crippen LogP contribution in [0.3, 0.4) is 0 Å². The van der Waals surface area contributed by atoms with Crippen LogP contribution in [0.4, 0.5) is 4.39 Å². The molecule has 4 aromatic rings. The van der Waals surface area contributed by atoms with Crippen molar-refractivity contribution in [3.05, 3.63) is 120 Å². The van der Waals surface area contributed by atoms with E-state index in [2.05, 4.69) is 30.3 Å². The summed E-state index contributed by atoms with van der Waals surface area (Å²) in [4.78, 5) is 1.09. The molecule has 0 spiro atoms. The number of hydrogen-bond donors (Lipinski definition) is 1. The largest absolute Gasteiger partial charge is 0.508 e. The van der Waals surface area contributed by atoms with Gasteiger partial charge in [0.2, 0.25) is 0 Å². The monoisotopic (exact) mass is 456 g/mol. The van der Waals surface area contributed by atoms with Gasteiger partial charge in [0.1, 0.15) is 17.3 Å². The second kappa shape index (κ2) is 10.4. The quantitative estimate of drug-likeness (QED) is 0.288. The van der Waals surface area contributed by atoms with E-state index in [0.29, 0.717) is 5.75 Å². The smallest absolute Gasteiger partial charge is 0.123 e. The lowest BCUT2D eigenvalue weighted by molar-refractivity contribution is 0.415. The number of thioether (sulfide) groups is 1. The fourth-order valence-electron chi connectivity index (χ4n) is 3.60. The molecule has 4 aromatic carbocycles. The molecule has 2 nitrogen and oxygen atoms in total. The van der Waals surface area contributed by atoms with E-state index in [4.69, 9.17) is 4.74 Å². The standard InChI is InChI=1S/C29H25FO2S/c1-20-19-27(15-16-29(20)31)33-18-17-28(24-7-11-25(30)12-8-24)23-5-3-21(4-6-23)22-9-13-26(32-2)14-10-22/h3-17,19,31H,18H2,1-2H3/b28-17-. The fraction of sp³-hybridized carbons (Fsp3) is 0.103. The van der Waals surface area contributed by atoms with E-state index >= 15 is 0 Å². The van der Waals surface area contributed by atoms with Crippen LogP contribution in [0, 0.1) is 12.7 Å². The van der Waals surface area contributed by atoms with Crippen molar-refractivity contribution in [1.29, 1.82) is 0 Å². The van der Waals surface area contributed by atoms with Gasteiger partial charge in [0, 0.05) is 10.6 Å². The maximum Gasteiger partial charge on any atom is 0.123 e. The van der Waals surface area contributed by atoms with Crippen molar-refractivity contribution >= 4 is 17.3 Å². The first-order valence-electron chi connectivity index (χ1n) is 10.7. The predicted octanol–water partition coefficient (Wildman–Crippen LogP) is 7.74. The molecule has 0 amide bonds. The molecule has 0 bridgehead atoms. The normalized spacial score (nSPS) is 11.4. The molecular formula is C29H25FO2S. The number of halogens is 1. The summed E-state index contributed by atoms with van der Waals surface area (Å²) < 4.78 is 18.8. The zero-order valence-electron chi connectivity index (χ0n) is 18.6. The second-order valence-electron chi connectivity index (χ2n) is 7.69. The molecule has 0 saturated carbocycles. The fourth-order valence-corrected chi connectivity index (χ4v) is 4.46. The highest BCUT2D eigenvalue weighted by molar-refractivity contribution is 7.99. The van der Waals surface area contributed by atoms with Crippen LogP contribution in [0.1, 0.15) is 16.7 Å². The number of hydrogen-bond acceptors (Lipinski definition) is 3. The van der Waals surface area contributed by atoms with Crippen LogP contribution in [0.25, 0.3) is 16.7 Å². The molecule has 1 N–H and O–H groups in total. The number of aryl methyl sites for hydroxylation is 1. The van der Waals surface area contributed by atoms with Crippen molar-refractivity contribution in [1.82, 2.24) is 0 Å². The molecule has 4 heteroatoms. The summed E-state index contributed by atoms with van der Waals surface area (Å²) in [6, 6.07) is 28.6. The third-order valence-electron chi connectivity index (χ3n) is 5.48. The highest BCUT2D eigenvalue weighted by Gasteiger charge is 2.08. The van der Waals surface area contributed by atoms with Crippen molar-refractivity contribution < 1.29 is 14.2 Å². The van der Waals surface area contributed by atoms with E-state index in [1.807, 2.05) is 55.5 Å². The Kier molecular flexibility index (Phi) is 7.16. The summed E-state index contributed by atoms with van der Waals surface area (Å²) >= 11 is 1.69. The average molecular weight is 457 g/mol. The van der Waals surface area contributed by atoms with Gasteiger partial charge in [-0.3, -0.25) is 0 Å². The number of benzene rings is 4. The van der Waals surface area contributed by atoms with E-state index in [9.17, 15) is 9.50 Å². The molecule has 33 heavy (non-hydrogen) atoms. The van der Waals surface area contributed by atoms with Crippen LogP contribution in [-0.2, 0) is 0 Å². The molecule has 0 fully saturated rings. The van der Waals surface area contributed by atoms with Crippen LogP contribution < -0.4 is 4.74 Å². The lowest BCUT2D eigenvalue weighted by Crippen LogP contribution is -1.91. The summed E-state index contributed by atoms with van der Waals surface area (Å²) in [5, 5.41) is 9.75. The minimum Gasteiger partial charge on any atom is -0.508 e. The molecule has 0 atom stereocenters. The van der Waals surface area contributed by atoms with Crippen LogP contribution in [0.2, 0.25) is 0 Å². The Morgan fingerprint density at radius 2 is 1.42 bits per heavy atom. The minimum absolute atomic E-state index is 0.248. The van der Waals surface area contributed by atoms with Crippen molar-refractivity contribution in [3.63, 3.8) is 0 Å². The predicted molar refractivity (Wildman–Crippen MR) is 135 cm³/mol. The van der Waals surface area contributed by atoms with Gasteiger partial charge in [-0.05, 0) is 82.8 Å². The average Bonchev–Trinajstić information content (AvgIpc) is 2.85. The third kappa shape index (κ3) is 5.65. The van der Waals surface area contributed by atoms with Gasteiger partial charge in [-0.1, -0.05) is 54.6 Å². The van der Waals surface area contributed by atoms with Crippen LogP contribution in [0.5, 0.6) is 11.5 Å². The molecule has 0 aliphatic heterocycles. The SMILES string of the molecule is COc1ccc(-c2ccc(/C(=C/CSc3ccc(O)c(C)c3)c3ccc(F)cc3)cc2)cc1. The lowest BCUT2D eigenvalue weighted by Gasteiger charge is -2.11. The first-order valence-corrected chi connectivity index (χ1v) is 11.7. The first kappa shape index (κ1) is 22.7. The molecule has 0 radical (unpaired) electrons. The second-order valence-corrected chi connectivity index (χ2v) is 8.78. The molecule has 0 aliphatic carbocycles. The van der Waals surface area contributed by atoms with Gasteiger partial charge in [-0.25, -0.2) is 4.39 Å². The van der Waals surface area contributed by atoms with Crippen LogP contribution in [0.15, 0.2) is 102 Å². The topological polar surface area (TPSA) is 29.5 Å². The number of phenolic OH excluding ortho intramolecular Hbond substituents is 1. The number of phenols is 1. The molecule has 0 unspecified atom stereocenters. The third-order valence-corrected chi connectivity index (χ3v) is 6.40. The summed E-state index contributed by atoms with van der Waals surface area (Å²) in [6.07, 6.45) is 2.17. The maximum atomic E-state index is 13.5. The Morgan fingerprint density at radius 3 is 2.00 bits per heavy atom. The van der Waals surface area contributed by atoms with Gasteiger partial charge in [0.25, 0.3) is 0 Å². The van der Waals surface area contributed by atoms with E-state index in [0.717, 1.165) is 49.8 Å². The van der Waals surface area contributed by atoms with Crippen molar-refractivity contribution in [2.75, 3.05) is 12.9 Å². The van der Waals surface area contributed by atoms with Crippen molar-refractivity contribution in [3.8, 4) is 22.6 Å². The van der Waals surface area contributed by atoms with Crippen LogP contribution >= 0.6 is 11.8 Å². The highest BCUT2D eigenvalue weighted by atomic mass is 32.2. The molecule has 4 rings (SSSR count). The Bertz CT molecular complexity index is 1240. The van der Waals surface area contributed by atoms with Crippen molar-refractivity contribution in [2.45, 2.75) is 11.8 Å². The summed E-state index contributed by atoms with van der Waals surface area (Å²) in [5.74, 6) is 1.64. The Hall–Kier alpha value is -3.50. The first-order chi connectivity index (χ1) is 16.0. The van der Waals surface area contributed by atoms with E-state index in [-0.39, 0.29) is 5.82 Å². The summed E-state index contributed by atoms with van der Waals surface area (Å²) in [5.41, 5.74) is 6.19. The van der Waals surface area contributed by atoms with E-state index in [1.165, 1.54) is 12.1 Å². The summed E-state index contributed by atoms with van der Waals surface area (Å²) in [7, 11) is 1.66. The van der Waals surface area contributed by atoms with Gasteiger partial charge in [0.15, 0.2) is 0 Å². The molecule has 166 valence electrons. The minimum atomic E-state index is -0.248. The van der Waals surface area contributed by atoms with Gasteiger partial charge < -0.3 is 9.84 Å². The Balaban J connectivity index is 1.60. The number of rotatable bonds is 7. The zero-order valence-corrected chi connectivity index (χ0v) is 19.4. The molecule has 0 aliphatic rings. The Labute approximate surface area is 198 Å². The number of ether oxygens (including phenoxy) is 1. The van der Waals surface area contributed by atoms with E-state index < -0.39 is 0 Å². The molecule has 0 saturated heterocycles. The highest BCUT2D eigenvalue weighted by Crippen LogP contribution is 2.30. The van der Waals surface area contributed by atoms with Gasteiger partial charge in [0.05, 0.1) is 7.11 Å².